The van der Waals surface area contributed by atoms with Crippen molar-refractivity contribution in [1.29, 1.82) is 0 Å². The van der Waals surface area contributed by atoms with Crippen molar-refractivity contribution < 1.29 is 14.7 Å². The van der Waals surface area contributed by atoms with Crippen LogP contribution >= 0.6 is 0 Å². The van der Waals surface area contributed by atoms with Crippen molar-refractivity contribution in [2.75, 3.05) is 5.32 Å². The average molecular weight is 247 g/mol. The van der Waals surface area contributed by atoms with Crippen molar-refractivity contribution in [3.8, 4) is 0 Å². The summed E-state index contributed by atoms with van der Waals surface area (Å²) in [6.45, 7) is 1.66. The van der Waals surface area contributed by atoms with Gasteiger partial charge in [-0.15, -0.1) is 5.10 Å². The molecule has 0 aromatic carbocycles. The maximum Gasteiger partial charge on any atom is 0.335 e. The van der Waals surface area contributed by atoms with Crippen LogP contribution in [-0.4, -0.2) is 37.1 Å². The molecule has 0 fully saturated rings. The predicted molar refractivity (Wildman–Crippen MR) is 60.3 cm³/mol. The molecule has 0 saturated carbocycles. The van der Waals surface area contributed by atoms with E-state index in [-0.39, 0.29) is 17.2 Å². The maximum absolute atomic E-state index is 11.7. The molecule has 0 saturated heterocycles. The first kappa shape index (κ1) is 11.7. The summed E-state index contributed by atoms with van der Waals surface area (Å²) in [5.41, 5.74) is 0.0338. The Hall–Kier alpha value is -2.77. The Kier molecular flexibility index (Phi) is 3.00. The van der Waals surface area contributed by atoms with Crippen LogP contribution in [0.15, 0.2) is 18.3 Å². The topological polar surface area (TPSA) is 121 Å². The van der Waals surface area contributed by atoms with Crippen LogP contribution in [0.2, 0.25) is 0 Å². The van der Waals surface area contributed by atoms with Crippen molar-refractivity contribution in [1.82, 2.24) is 20.2 Å². The van der Waals surface area contributed by atoms with Gasteiger partial charge in [-0.3, -0.25) is 9.89 Å². The third kappa shape index (κ3) is 2.48. The van der Waals surface area contributed by atoms with Gasteiger partial charge in [0, 0.05) is 6.20 Å². The Labute approximate surface area is 101 Å². The van der Waals surface area contributed by atoms with Crippen LogP contribution in [0.5, 0.6) is 0 Å². The molecule has 0 aliphatic rings. The van der Waals surface area contributed by atoms with Crippen LogP contribution in [0.1, 0.15) is 26.8 Å². The number of aromatic amines is 1. The zero-order valence-electron chi connectivity index (χ0n) is 9.34. The van der Waals surface area contributed by atoms with E-state index in [4.69, 9.17) is 5.11 Å². The number of carboxylic acid groups (broad SMARTS) is 1. The molecule has 2 heterocycles. The summed E-state index contributed by atoms with van der Waals surface area (Å²) in [6.07, 6.45) is 1.29. The minimum atomic E-state index is -1.10. The van der Waals surface area contributed by atoms with Crippen molar-refractivity contribution in [3.05, 3.63) is 35.5 Å². The summed E-state index contributed by atoms with van der Waals surface area (Å²) in [6, 6.07) is 2.58. The van der Waals surface area contributed by atoms with Crippen LogP contribution in [0.4, 0.5) is 5.82 Å². The number of hydrogen-bond donors (Lipinski definition) is 3. The van der Waals surface area contributed by atoms with Gasteiger partial charge in [0.1, 0.15) is 11.6 Å². The fraction of sp³-hybridized carbons (Fsp3) is 0.100. The predicted octanol–water partition coefficient (Wildman–Crippen LogP) is 0.459. The standard InChI is InChI=1S/C10H9N5O3/c1-5-12-8(15-14-5)9(16)13-7-4-6(10(17)18)2-3-11-7/h2-4H,1H3,(H,17,18)(H,11,13,16)(H,12,14,15). The van der Waals surface area contributed by atoms with Crippen molar-refractivity contribution in [2.24, 2.45) is 0 Å². The molecule has 2 aromatic rings. The van der Waals surface area contributed by atoms with Gasteiger partial charge in [-0.1, -0.05) is 0 Å². The molecule has 0 atom stereocenters. The van der Waals surface area contributed by atoms with Crippen LogP contribution < -0.4 is 5.32 Å². The van der Waals surface area contributed by atoms with E-state index < -0.39 is 11.9 Å². The van der Waals surface area contributed by atoms with E-state index in [2.05, 4.69) is 25.5 Å². The smallest absolute Gasteiger partial charge is 0.335 e. The number of hydrogen-bond acceptors (Lipinski definition) is 5. The largest absolute Gasteiger partial charge is 0.478 e. The zero-order valence-corrected chi connectivity index (χ0v) is 9.34. The molecular weight excluding hydrogens is 238 g/mol. The van der Waals surface area contributed by atoms with E-state index in [1.165, 1.54) is 18.3 Å². The molecule has 8 nitrogen and oxygen atoms in total. The number of rotatable bonds is 3. The zero-order chi connectivity index (χ0) is 13.1. The highest BCUT2D eigenvalue weighted by atomic mass is 16.4. The first-order chi connectivity index (χ1) is 8.56. The first-order valence-electron chi connectivity index (χ1n) is 4.96. The van der Waals surface area contributed by atoms with Gasteiger partial charge in [0.15, 0.2) is 0 Å². The minimum Gasteiger partial charge on any atom is -0.478 e. The number of aromatic nitrogens is 4. The van der Waals surface area contributed by atoms with Gasteiger partial charge >= 0.3 is 5.97 Å². The van der Waals surface area contributed by atoms with Crippen molar-refractivity contribution in [3.63, 3.8) is 0 Å². The number of anilines is 1. The Morgan fingerprint density at radius 1 is 1.44 bits per heavy atom. The first-order valence-corrected chi connectivity index (χ1v) is 4.96. The van der Waals surface area contributed by atoms with E-state index in [0.717, 1.165) is 0 Å². The molecule has 0 unspecified atom stereocenters. The number of aryl methyl sites for hydroxylation is 1. The van der Waals surface area contributed by atoms with Gasteiger partial charge in [0.05, 0.1) is 5.56 Å². The highest BCUT2D eigenvalue weighted by Gasteiger charge is 2.13. The fourth-order valence-corrected chi connectivity index (χ4v) is 1.25. The van der Waals surface area contributed by atoms with Gasteiger partial charge in [0.25, 0.3) is 5.91 Å². The summed E-state index contributed by atoms with van der Waals surface area (Å²) >= 11 is 0. The number of nitrogens with zero attached hydrogens (tertiary/aromatic N) is 3. The van der Waals surface area contributed by atoms with Gasteiger partial charge in [0.2, 0.25) is 5.82 Å². The van der Waals surface area contributed by atoms with E-state index in [1.54, 1.807) is 6.92 Å². The van der Waals surface area contributed by atoms with Gasteiger partial charge in [-0.05, 0) is 19.1 Å². The highest BCUT2D eigenvalue weighted by Crippen LogP contribution is 2.07. The van der Waals surface area contributed by atoms with E-state index in [9.17, 15) is 9.59 Å². The Morgan fingerprint density at radius 3 is 2.83 bits per heavy atom. The molecule has 2 rings (SSSR count). The van der Waals surface area contributed by atoms with Crippen LogP contribution in [0.25, 0.3) is 0 Å². The molecule has 2 aromatic heterocycles. The Morgan fingerprint density at radius 2 is 2.22 bits per heavy atom. The molecule has 0 radical (unpaired) electrons. The van der Waals surface area contributed by atoms with Gasteiger partial charge in [-0.2, -0.15) is 0 Å². The van der Waals surface area contributed by atoms with Gasteiger partial charge < -0.3 is 10.4 Å². The molecule has 18 heavy (non-hydrogen) atoms. The number of aromatic carboxylic acids is 1. The monoisotopic (exact) mass is 247 g/mol. The quantitative estimate of drug-likeness (QED) is 0.724. The Bertz CT molecular complexity index is 607. The van der Waals surface area contributed by atoms with Crippen LogP contribution in [0, 0.1) is 6.92 Å². The Balaban J connectivity index is 2.16. The molecule has 0 spiro atoms. The highest BCUT2D eigenvalue weighted by molar-refractivity contribution is 6.01. The number of nitrogens with one attached hydrogen (secondary N) is 2. The van der Waals surface area contributed by atoms with Crippen molar-refractivity contribution in [2.45, 2.75) is 6.92 Å². The van der Waals surface area contributed by atoms with Crippen LogP contribution in [0.3, 0.4) is 0 Å². The number of carboxylic acids is 1. The van der Waals surface area contributed by atoms with Crippen LogP contribution in [-0.2, 0) is 0 Å². The van der Waals surface area contributed by atoms with E-state index in [1.807, 2.05) is 0 Å². The maximum atomic E-state index is 11.7. The molecule has 0 aliphatic heterocycles. The molecule has 8 heteroatoms. The third-order valence-corrected chi connectivity index (χ3v) is 2.05. The number of H-pyrrole nitrogens is 1. The summed E-state index contributed by atoms with van der Waals surface area (Å²) in [5, 5.41) is 17.4. The molecule has 1 amide bonds. The second kappa shape index (κ2) is 4.62. The molecular formula is C10H9N5O3. The second-order valence-corrected chi connectivity index (χ2v) is 3.43. The lowest BCUT2D eigenvalue weighted by Gasteiger charge is -2.02. The van der Waals surface area contributed by atoms with Gasteiger partial charge in [-0.25, -0.2) is 14.8 Å². The second-order valence-electron chi connectivity index (χ2n) is 3.43. The van der Waals surface area contributed by atoms with Crippen molar-refractivity contribution >= 4 is 17.7 Å². The molecule has 3 N–H and O–H groups in total. The van der Waals surface area contributed by atoms with E-state index in [0.29, 0.717) is 5.82 Å². The lowest BCUT2D eigenvalue weighted by atomic mass is 10.2. The third-order valence-electron chi connectivity index (χ3n) is 2.05. The molecule has 0 aliphatic carbocycles. The minimum absolute atomic E-state index is 0.0324. The fourth-order valence-electron chi connectivity index (χ4n) is 1.25. The summed E-state index contributed by atoms with van der Waals surface area (Å²) < 4.78 is 0. The lowest BCUT2D eigenvalue weighted by Crippen LogP contribution is -2.15. The summed E-state index contributed by atoms with van der Waals surface area (Å²) in [7, 11) is 0. The molecule has 92 valence electrons. The number of pyridine rings is 1. The number of carbonyl (C=O) groups excluding carboxylic acids is 1. The lowest BCUT2D eigenvalue weighted by molar-refractivity contribution is 0.0696. The number of amides is 1. The van der Waals surface area contributed by atoms with E-state index >= 15 is 0 Å². The normalized spacial score (nSPS) is 10.1. The molecule has 0 bridgehead atoms. The summed E-state index contributed by atoms with van der Waals surface area (Å²) in [5.74, 6) is -1.05. The number of carbonyl (C=O) groups is 2. The SMILES string of the molecule is Cc1nc(C(=O)Nc2cc(C(=O)O)ccn2)n[nH]1. The average Bonchev–Trinajstić information content (AvgIpc) is 2.76. The summed E-state index contributed by atoms with van der Waals surface area (Å²) in [4.78, 5) is 30.1.